The first-order valence-electron chi connectivity index (χ1n) is 9.22. The fourth-order valence-electron chi connectivity index (χ4n) is 4.07. The summed E-state index contributed by atoms with van der Waals surface area (Å²) in [6.07, 6.45) is 3.64. The summed E-state index contributed by atoms with van der Waals surface area (Å²) in [5.74, 6) is 3.68. The number of rotatable bonds is 4. The van der Waals surface area contributed by atoms with Gasteiger partial charge in [-0.15, -0.1) is 11.3 Å². The molecule has 0 radical (unpaired) electrons. The minimum atomic E-state index is -0.0160. The van der Waals surface area contributed by atoms with Crippen molar-refractivity contribution >= 4 is 39.1 Å². The number of thiophene rings is 1. The van der Waals surface area contributed by atoms with Gasteiger partial charge in [0.15, 0.2) is 11.6 Å². The molecule has 26 heavy (non-hydrogen) atoms. The lowest BCUT2D eigenvalue weighted by atomic mass is 10.3. The Balaban J connectivity index is 1.37. The lowest BCUT2D eigenvalue weighted by Gasteiger charge is -2.20. The van der Waals surface area contributed by atoms with E-state index in [1.54, 1.807) is 11.3 Å². The molecule has 2 unspecified atom stereocenters. The molecule has 8 heteroatoms. The van der Waals surface area contributed by atoms with Crippen LogP contribution in [0.1, 0.15) is 35.8 Å². The molecule has 0 spiro atoms. The normalized spacial score (nSPS) is 27.2. The standard InChI is InChI=1S/C18H21N7S/c1-9-4-13-15(26-9)16(21-14-5-12(23-24-14)10-2-3-10)22-17(20-13)25-7-11-6-18(11,19)8-25/h4-5,10-11H,2-3,6-8,19H2,1H3,(H2,20,21,22,23,24). The highest BCUT2D eigenvalue weighted by Crippen LogP contribution is 2.48. The molecule has 7 nitrogen and oxygen atoms in total. The van der Waals surface area contributed by atoms with Crippen LogP contribution in [0.2, 0.25) is 0 Å². The van der Waals surface area contributed by atoms with Gasteiger partial charge in [0.1, 0.15) is 0 Å². The van der Waals surface area contributed by atoms with Crippen molar-refractivity contribution in [2.24, 2.45) is 11.7 Å². The van der Waals surface area contributed by atoms with E-state index in [4.69, 9.17) is 15.7 Å². The number of hydrogen-bond donors (Lipinski definition) is 3. The fourth-order valence-corrected chi connectivity index (χ4v) is 4.96. The van der Waals surface area contributed by atoms with Crippen molar-refractivity contribution in [3.05, 3.63) is 22.7 Å². The maximum atomic E-state index is 6.37. The van der Waals surface area contributed by atoms with Gasteiger partial charge < -0.3 is 16.0 Å². The molecule has 4 heterocycles. The lowest BCUT2D eigenvalue weighted by Crippen LogP contribution is -2.34. The molecule has 1 saturated heterocycles. The molecule has 3 fully saturated rings. The maximum absolute atomic E-state index is 6.37. The summed E-state index contributed by atoms with van der Waals surface area (Å²) < 4.78 is 1.08. The molecule has 6 rings (SSSR count). The van der Waals surface area contributed by atoms with Gasteiger partial charge in [0.25, 0.3) is 0 Å². The Morgan fingerprint density at radius 3 is 3.00 bits per heavy atom. The van der Waals surface area contributed by atoms with Crippen LogP contribution in [-0.2, 0) is 0 Å². The number of hydrogen-bond acceptors (Lipinski definition) is 7. The number of aromatic nitrogens is 4. The molecule has 2 saturated carbocycles. The molecule has 4 N–H and O–H groups in total. The summed E-state index contributed by atoms with van der Waals surface area (Å²) in [6.45, 7) is 3.91. The number of fused-ring (bicyclic) bond motifs is 2. The molecular weight excluding hydrogens is 346 g/mol. The topological polar surface area (TPSA) is 95.8 Å². The second-order valence-electron chi connectivity index (χ2n) is 8.07. The van der Waals surface area contributed by atoms with Crippen molar-refractivity contribution in [3.8, 4) is 0 Å². The molecular formula is C18H21N7S. The van der Waals surface area contributed by atoms with Crippen LogP contribution in [0.5, 0.6) is 0 Å². The summed E-state index contributed by atoms with van der Waals surface area (Å²) in [7, 11) is 0. The number of nitrogens with two attached hydrogens (primary N) is 1. The van der Waals surface area contributed by atoms with E-state index in [2.05, 4.69) is 39.5 Å². The van der Waals surface area contributed by atoms with Crippen LogP contribution in [-0.4, -0.2) is 38.8 Å². The van der Waals surface area contributed by atoms with E-state index in [-0.39, 0.29) is 5.54 Å². The van der Waals surface area contributed by atoms with Crippen LogP contribution in [0.25, 0.3) is 10.2 Å². The van der Waals surface area contributed by atoms with Crippen molar-refractivity contribution in [2.75, 3.05) is 23.3 Å². The predicted octanol–water partition coefficient (Wildman–Crippen LogP) is 2.88. The number of nitrogens with zero attached hydrogens (tertiary/aromatic N) is 4. The molecule has 1 aliphatic heterocycles. The minimum absolute atomic E-state index is 0.0160. The van der Waals surface area contributed by atoms with Crippen molar-refractivity contribution in [3.63, 3.8) is 0 Å². The summed E-state index contributed by atoms with van der Waals surface area (Å²) in [5, 5.41) is 11.0. The first-order chi connectivity index (χ1) is 12.6. The molecule has 134 valence electrons. The SMILES string of the molecule is Cc1cc2nc(N3CC4CC4(N)C3)nc(Nc3cc(C4CC4)[nH]n3)c2s1. The van der Waals surface area contributed by atoms with Gasteiger partial charge in [-0.05, 0) is 38.2 Å². The van der Waals surface area contributed by atoms with Crippen LogP contribution < -0.4 is 16.0 Å². The van der Waals surface area contributed by atoms with E-state index in [0.29, 0.717) is 11.8 Å². The van der Waals surface area contributed by atoms with Crippen LogP contribution in [0, 0.1) is 12.8 Å². The largest absolute Gasteiger partial charge is 0.339 e. The van der Waals surface area contributed by atoms with E-state index in [9.17, 15) is 0 Å². The lowest BCUT2D eigenvalue weighted by molar-refractivity contribution is 0.693. The maximum Gasteiger partial charge on any atom is 0.228 e. The Bertz CT molecular complexity index is 1020. The molecule has 0 amide bonds. The average Bonchev–Trinajstić information content (AvgIpc) is 3.40. The van der Waals surface area contributed by atoms with Crippen molar-refractivity contribution < 1.29 is 0 Å². The molecule has 3 aromatic rings. The Labute approximate surface area is 155 Å². The van der Waals surface area contributed by atoms with E-state index >= 15 is 0 Å². The number of nitrogens with one attached hydrogen (secondary N) is 2. The number of aryl methyl sites for hydroxylation is 1. The monoisotopic (exact) mass is 367 g/mol. The Kier molecular flexibility index (Phi) is 2.84. The van der Waals surface area contributed by atoms with E-state index in [1.807, 2.05) is 0 Å². The summed E-state index contributed by atoms with van der Waals surface area (Å²) >= 11 is 1.71. The molecule has 3 aromatic heterocycles. The van der Waals surface area contributed by atoms with Gasteiger partial charge in [0.2, 0.25) is 5.95 Å². The summed E-state index contributed by atoms with van der Waals surface area (Å²) in [6, 6.07) is 4.23. The van der Waals surface area contributed by atoms with Gasteiger partial charge in [-0.3, -0.25) is 5.10 Å². The molecule has 3 aliphatic rings. The quantitative estimate of drug-likeness (QED) is 0.656. The molecule has 0 bridgehead atoms. The van der Waals surface area contributed by atoms with E-state index in [0.717, 1.165) is 47.3 Å². The fraction of sp³-hybridized carbons (Fsp3) is 0.500. The van der Waals surface area contributed by atoms with Gasteiger partial charge in [0.05, 0.1) is 10.2 Å². The Morgan fingerprint density at radius 2 is 2.23 bits per heavy atom. The highest BCUT2D eigenvalue weighted by molar-refractivity contribution is 7.19. The third-order valence-corrected chi connectivity index (χ3v) is 6.88. The number of piperidine rings is 1. The van der Waals surface area contributed by atoms with Crippen molar-refractivity contribution in [2.45, 2.75) is 37.6 Å². The van der Waals surface area contributed by atoms with Gasteiger partial charge in [0, 0.05) is 41.2 Å². The zero-order valence-corrected chi connectivity index (χ0v) is 15.4. The van der Waals surface area contributed by atoms with Crippen molar-refractivity contribution in [1.82, 2.24) is 20.2 Å². The zero-order chi connectivity index (χ0) is 17.5. The van der Waals surface area contributed by atoms with Gasteiger partial charge in [-0.25, -0.2) is 4.98 Å². The van der Waals surface area contributed by atoms with Crippen LogP contribution >= 0.6 is 11.3 Å². The average molecular weight is 367 g/mol. The van der Waals surface area contributed by atoms with Gasteiger partial charge in [-0.2, -0.15) is 10.1 Å². The number of anilines is 3. The molecule has 2 aliphatic carbocycles. The van der Waals surface area contributed by atoms with Crippen molar-refractivity contribution in [1.29, 1.82) is 0 Å². The number of H-pyrrole nitrogens is 1. The first-order valence-corrected chi connectivity index (χ1v) is 10.0. The van der Waals surface area contributed by atoms with Gasteiger partial charge >= 0.3 is 0 Å². The van der Waals surface area contributed by atoms with Crippen LogP contribution in [0.4, 0.5) is 17.6 Å². The molecule has 2 atom stereocenters. The number of aromatic amines is 1. The minimum Gasteiger partial charge on any atom is -0.339 e. The second kappa shape index (κ2) is 4.95. The smallest absolute Gasteiger partial charge is 0.228 e. The molecule has 0 aromatic carbocycles. The summed E-state index contributed by atoms with van der Waals surface area (Å²) in [4.78, 5) is 13.1. The van der Waals surface area contributed by atoms with Crippen LogP contribution in [0.15, 0.2) is 12.1 Å². The third kappa shape index (κ3) is 2.32. The predicted molar refractivity (Wildman–Crippen MR) is 103 cm³/mol. The Morgan fingerprint density at radius 1 is 1.35 bits per heavy atom. The highest BCUT2D eigenvalue weighted by Gasteiger charge is 2.57. The first kappa shape index (κ1) is 14.9. The van der Waals surface area contributed by atoms with E-state index in [1.165, 1.54) is 23.4 Å². The highest BCUT2D eigenvalue weighted by atomic mass is 32.1. The Hall–Kier alpha value is -2.19. The summed E-state index contributed by atoms with van der Waals surface area (Å²) in [5.41, 5.74) is 8.56. The second-order valence-corrected chi connectivity index (χ2v) is 9.32. The third-order valence-electron chi connectivity index (χ3n) is 5.83. The van der Waals surface area contributed by atoms with Gasteiger partial charge in [-0.1, -0.05) is 0 Å². The van der Waals surface area contributed by atoms with Crippen LogP contribution in [0.3, 0.4) is 0 Å². The zero-order valence-electron chi connectivity index (χ0n) is 14.6. The van der Waals surface area contributed by atoms with E-state index < -0.39 is 0 Å².